The van der Waals surface area contributed by atoms with Crippen molar-refractivity contribution in [2.24, 2.45) is 4.52 Å². The molecule has 0 amide bonds. The molecule has 42 valence electrons. The van der Waals surface area contributed by atoms with Gasteiger partial charge in [-0.25, -0.2) is 0 Å². The van der Waals surface area contributed by atoms with Gasteiger partial charge in [0.1, 0.15) is 0 Å². The Morgan fingerprint density at radius 2 is 2.14 bits per heavy atom. The Kier molecular flexibility index (Phi) is 3.59. The summed E-state index contributed by atoms with van der Waals surface area (Å²) in [5, 5.41) is 0. The fourth-order valence-electron chi connectivity index (χ4n) is 0.170. The zero-order valence-electron chi connectivity index (χ0n) is 4.10. The van der Waals surface area contributed by atoms with Gasteiger partial charge < -0.3 is 0 Å². The Morgan fingerprint density at radius 3 is 2.14 bits per heavy atom. The highest BCUT2D eigenvalue weighted by atomic mass is 31.2. The van der Waals surface area contributed by atoms with E-state index in [2.05, 4.69) is 4.52 Å². The van der Waals surface area contributed by atoms with Gasteiger partial charge in [0.25, 0.3) is 8.38 Å². The third-order valence-electron chi connectivity index (χ3n) is 0.246. The van der Waals surface area contributed by atoms with Crippen LogP contribution in [0.1, 0.15) is 0 Å². The molecule has 2 atom stereocenters. The van der Waals surface area contributed by atoms with Crippen molar-refractivity contribution in [3.05, 3.63) is 0 Å². The minimum atomic E-state index is -1.86. The van der Waals surface area contributed by atoms with E-state index in [1.807, 2.05) is 0 Å². The molecule has 5 heteroatoms. The third-order valence-corrected chi connectivity index (χ3v) is 2.22. The lowest BCUT2D eigenvalue weighted by Gasteiger charge is -1.75. The molecule has 0 heterocycles. The van der Waals surface area contributed by atoms with Crippen molar-refractivity contribution in [2.75, 3.05) is 13.3 Å². The molecule has 0 aromatic carbocycles. The van der Waals surface area contributed by atoms with Gasteiger partial charge in [0.05, 0.1) is 0 Å². The summed E-state index contributed by atoms with van der Waals surface area (Å²) in [7, 11) is -3.72. The van der Waals surface area contributed by atoms with Crippen molar-refractivity contribution < 1.29 is 8.39 Å². The predicted octanol–water partition coefficient (Wildman–Crippen LogP) is 3.08. The van der Waals surface area contributed by atoms with E-state index in [4.69, 9.17) is 0 Å². The lowest BCUT2D eigenvalue weighted by Crippen LogP contribution is -1.43. The second-order valence-corrected chi connectivity index (χ2v) is 3.47. The van der Waals surface area contributed by atoms with Gasteiger partial charge in [0.2, 0.25) is 0 Å². The van der Waals surface area contributed by atoms with Gasteiger partial charge in [-0.05, 0) is 4.52 Å². The minimum Gasteiger partial charge on any atom is -0.196 e. The molecule has 1 nitrogen and oxygen atoms in total. The lowest BCUT2D eigenvalue weighted by molar-refractivity contribution is 0.888. The summed E-state index contributed by atoms with van der Waals surface area (Å²) in [5.74, 6) is 0. The van der Waals surface area contributed by atoms with Crippen molar-refractivity contribution in [1.82, 2.24) is 0 Å². The van der Waals surface area contributed by atoms with Gasteiger partial charge in [-0.2, -0.15) is 4.20 Å². The Hall–Kier alpha value is 0.390. The van der Waals surface area contributed by atoms with E-state index < -0.39 is 16.4 Å². The van der Waals surface area contributed by atoms with Crippen LogP contribution in [0.15, 0.2) is 4.52 Å². The molecule has 0 radical (unpaired) electrons. The van der Waals surface area contributed by atoms with Gasteiger partial charge in [0, 0.05) is 10.9 Å². The zero-order chi connectivity index (χ0) is 5.86. The van der Waals surface area contributed by atoms with Crippen molar-refractivity contribution >= 4 is 16.4 Å². The quantitative estimate of drug-likeness (QED) is 0.501. The molecule has 0 aliphatic carbocycles. The highest BCUT2D eigenvalue weighted by Gasteiger charge is 2.04. The summed E-state index contributed by atoms with van der Waals surface area (Å²) in [5.41, 5.74) is 0. The summed E-state index contributed by atoms with van der Waals surface area (Å²) in [6, 6.07) is 0. The van der Waals surface area contributed by atoms with E-state index in [0.717, 1.165) is 0 Å². The highest BCUT2D eigenvalue weighted by molar-refractivity contribution is 7.58. The van der Waals surface area contributed by atoms with Crippen LogP contribution in [0.2, 0.25) is 0 Å². The Morgan fingerprint density at radius 1 is 1.71 bits per heavy atom. The average Bonchev–Trinajstić information content (AvgIpc) is 1.27. The van der Waals surface area contributed by atoms with Crippen LogP contribution < -0.4 is 0 Å². The first-order valence-electron chi connectivity index (χ1n) is 1.63. The molecule has 0 bridgehead atoms. The van der Waals surface area contributed by atoms with Crippen molar-refractivity contribution in [3.63, 3.8) is 0 Å². The molecule has 0 aliphatic rings. The maximum Gasteiger partial charge on any atom is 0.428 e. The maximum absolute atomic E-state index is 11.6. The largest absolute Gasteiger partial charge is 0.428 e. The van der Waals surface area contributed by atoms with E-state index in [1.54, 1.807) is 0 Å². The second kappa shape index (κ2) is 3.40. The lowest BCUT2D eigenvalue weighted by atomic mass is 12.0. The molecule has 2 unspecified atom stereocenters. The topological polar surface area (TPSA) is 12.4 Å². The van der Waals surface area contributed by atoms with E-state index in [1.165, 1.54) is 13.3 Å². The van der Waals surface area contributed by atoms with Crippen molar-refractivity contribution in [2.45, 2.75) is 0 Å². The van der Waals surface area contributed by atoms with Gasteiger partial charge in [0.15, 0.2) is 6.66 Å². The highest BCUT2D eigenvalue weighted by Crippen LogP contribution is 2.42. The van der Waals surface area contributed by atoms with Crippen LogP contribution >= 0.6 is 16.4 Å². The Balaban J connectivity index is 3.45. The van der Waals surface area contributed by atoms with E-state index in [0.29, 0.717) is 0 Å². The normalized spacial score (nSPS) is 16.9. The molecular formula is C2H6F2NP2+. The smallest absolute Gasteiger partial charge is 0.196 e. The standard InChI is InChI=1S/C2H6F2NP2/c1-6(3)5-7(2)4/h1-2H3/q+1. The zero-order valence-corrected chi connectivity index (χ0v) is 5.89. The number of hydrogen-bond acceptors (Lipinski definition) is 1. The molecule has 0 saturated carbocycles. The van der Waals surface area contributed by atoms with Gasteiger partial charge in [-0.15, -0.1) is 0 Å². The first-order chi connectivity index (χ1) is 3.13. The summed E-state index contributed by atoms with van der Waals surface area (Å²) in [4.78, 5) is 0. The molecule has 0 aliphatic heterocycles. The van der Waals surface area contributed by atoms with Crippen LogP contribution in [0.5, 0.6) is 0 Å². The van der Waals surface area contributed by atoms with Gasteiger partial charge in [-0.1, -0.05) is 0 Å². The van der Waals surface area contributed by atoms with Crippen LogP contribution in [0.3, 0.4) is 0 Å². The third kappa shape index (κ3) is 6.39. The molecule has 0 fully saturated rings. The van der Waals surface area contributed by atoms with Crippen LogP contribution in [-0.4, -0.2) is 13.3 Å². The first-order valence-corrected chi connectivity index (χ1v) is 4.90. The second-order valence-electron chi connectivity index (χ2n) is 0.979. The molecule has 0 aromatic heterocycles. The molecule has 0 spiro atoms. The summed E-state index contributed by atoms with van der Waals surface area (Å²) in [6.07, 6.45) is 0. The number of nitrogens with zero attached hydrogens (tertiary/aromatic N) is 1. The summed E-state index contributed by atoms with van der Waals surface area (Å²) < 4.78 is 26.3. The van der Waals surface area contributed by atoms with Gasteiger partial charge >= 0.3 is 8.02 Å². The van der Waals surface area contributed by atoms with E-state index in [-0.39, 0.29) is 0 Å². The maximum atomic E-state index is 11.6. The average molecular weight is 144 g/mol. The number of halogens is 2. The first kappa shape index (κ1) is 7.39. The van der Waals surface area contributed by atoms with Crippen LogP contribution in [0.4, 0.5) is 8.39 Å². The Labute approximate surface area is 43.6 Å². The van der Waals surface area contributed by atoms with Crippen LogP contribution in [-0.2, 0) is 0 Å². The molecule has 0 N–H and O–H groups in total. The molecule has 0 rings (SSSR count). The SMILES string of the molecule is CP(F)N=[P+](C)F. The fraction of sp³-hybridized carbons (Fsp3) is 1.00. The van der Waals surface area contributed by atoms with E-state index in [9.17, 15) is 8.39 Å². The molecule has 0 aromatic rings. The molecule has 7 heavy (non-hydrogen) atoms. The van der Waals surface area contributed by atoms with Gasteiger partial charge in [-0.3, -0.25) is 0 Å². The van der Waals surface area contributed by atoms with Crippen LogP contribution in [0.25, 0.3) is 0 Å². The van der Waals surface area contributed by atoms with E-state index >= 15 is 0 Å². The number of hydrogen-bond donors (Lipinski definition) is 0. The van der Waals surface area contributed by atoms with Crippen molar-refractivity contribution in [1.29, 1.82) is 0 Å². The molecular weight excluding hydrogens is 138 g/mol. The predicted molar refractivity (Wildman–Crippen MR) is 30.3 cm³/mol. The molecule has 0 saturated heterocycles. The monoisotopic (exact) mass is 144 g/mol. The summed E-state index contributed by atoms with van der Waals surface area (Å²) in [6.45, 7) is 2.54. The Bertz CT molecular complexity index is 77.8. The van der Waals surface area contributed by atoms with Crippen LogP contribution in [0, 0.1) is 0 Å². The summed E-state index contributed by atoms with van der Waals surface area (Å²) >= 11 is 0. The van der Waals surface area contributed by atoms with Crippen molar-refractivity contribution in [3.8, 4) is 0 Å². The fourth-order valence-corrected chi connectivity index (χ4v) is 1.53. The minimum absolute atomic E-state index is 1.27. The number of rotatable bonds is 1.